The molecule has 0 bridgehead atoms. The van der Waals surface area contributed by atoms with E-state index in [1.165, 1.54) is 18.4 Å². The molecule has 1 nitrogen and oxygen atoms in total. The van der Waals surface area contributed by atoms with Crippen molar-refractivity contribution in [2.24, 2.45) is 5.92 Å². The van der Waals surface area contributed by atoms with E-state index in [0.29, 0.717) is 0 Å². The van der Waals surface area contributed by atoms with Gasteiger partial charge in [0.2, 0.25) is 5.24 Å². The van der Waals surface area contributed by atoms with Gasteiger partial charge >= 0.3 is 0 Å². The third kappa shape index (κ3) is 2.34. The Morgan fingerprint density at radius 2 is 2.42 bits per heavy atom. The summed E-state index contributed by atoms with van der Waals surface area (Å²) in [7, 11) is 0. The van der Waals surface area contributed by atoms with E-state index < -0.39 is 0 Å². The lowest BCUT2D eigenvalue weighted by molar-refractivity contribution is -0.114. The van der Waals surface area contributed by atoms with E-state index in [-0.39, 0.29) is 11.2 Å². The molecule has 1 rings (SSSR count). The quantitative estimate of drug-likeness (QED) is 0.489. The van der Waals surface area contributed by atoms with Crippen molar-refractivity contribution in [2.45, 2.75) is 39.0 Å². The molecule has 2 heteroatoms. The monoisotopic (exact) mass is 186 g/mol. The molecular weight excluding hydrogens is 172 g/mol. The molecule has 1 atom stereocenters. The number of hydrogen-bond donors (Lipinski definition) is 0. The number of carbonyl (C=O) groups excluding carboxylic acids is 1. The Labute approximate surface area is 78.8 Å². The van der Waals surface area contributed by atoms with Gasteiger partial charge in [-0.25, -0.2) is 0 Å². The Bertz CT molecular complexity index is 196. The minimum absolute atomic E-state index is 0.00744. The summed E-state index contributed by atoms with van der Waals surface area (Å²) in [6, 6.07) is 0. The zero-order valence-electron chi connectivity index (χ0n) is 7.48. The zero-order valence-corrected chi connectivity index (χ0v) is 8.23. The van der Waals surface area contributed by atoms with E-state index >= 15 is 0 Å². The lowest BCUT2D eigenvalue weighted by Crippen LogP contribution is -2.12. The highest BCUT2D eigenvalue weighted by molar-refractivity contribution is 6.64. The summed E-state index contributed by atoms with van der Waals surface area (Å²) in [5, 5.41) is -0.189. The van der Waals surface area contributed by atoms with Gasteiger partial charge < -0.3 is 0 Å². The fraction of sp³-hybridized carbons (Fsp3) is 0.700. The molecule has 0 aromatic heterocycles. The fourth-order valence-electron chi connectivity index (χ4n) is 1.75. The molecule has 0 aromatic rings. The molecular formula is C10H15ClO. The summed E-state index contributed by atoms with van der Waals surface area (Å²) < 4.78 is 0. The van der Waals surface area contributed by atoms with Gasteiger partial charge in [-0.05, 0) is 43.7 Å². The SMILES string of the molecule is CCC(C(=O)Cl)C1=CCCCC1. The Kier molecular flexibility index (Phi) is 3.80. The number of rotatable bonds is 3. The van der Waals surface area contributed by atoms with Gasteiger partial charge in [-0.1, -0.05) is 18.6 Å². The largest absolute Gasteiger partial charge is 0.281 e. The van der Waals surface area contributed by atoms with Crippen LogP contribution in [0.3, 0.4) is 0 Å². The maximum Gasteiger partial charge on any atom is 0.228 e. The highest BCUT2D eigenvalue weighted by Crippen LogP contribution is 2.27. The molecule has 0 aromatic carbocycles. The Morgan fingerprint density at radius 1 is 1.67 bits per heavy atom. The van der Waals surface area contributed by atoms with Crippen molar-refractivity contribution in [2.75, 3.05) is 0 Å². The topological polar surface area (TPSA) is 17.1 Å². The van der Waals surface area contributed by atoms with Crippen LogP contribution in [0.2, 0.25) is 0 Å². The van der Waals surface area contributed by atoms with Gasteiger partial charge in [-0.3, -0.25) is 4.79 Å². The highest BCUT2D eigenvalue weighted by atomic mass is 35.5. The minimum Gasteiger partial charge on any atom is -0.281 e. The third-order valence-corrected chi connectivity index (χ3v) is 2.72. The summed E-state index contributed by atoms with van der Waals surface area (Å²) in [6.45, 7) is 2.01. The molecule has 1 aliphatic rings. The van der Waals surface area contributed by atoms with Crippen molar-refractivity contribution in [3.63, 3.8) is 0 Å². The molecule has 0 amide bonds. The van der Waals surface area contributed by atoms with Crippen molar-refractivity contribution < 1.29 is 4.79 Å². The summed E-state index contributed by atoms with van der Waals surface area (Å²) in [6.07, 6.45) is 7.70. The van der Waals surface area contributed by atoms with E-state index in [1.807, 2.05) is 6.92 Å². The van der Waals surface area contributed by atoms with Crippen LogP contribution >= 0.6 is 11.6 Å². The average Bonchev–Trinajstić information content (AvgIpc) is 2.07. The van der Waals surface area contributed by atoms with E-state index in [1.54, 1.807) is 0 Å². The van der Waals surface area contributed by atoms with Gasteiger partial charge in [0.15, 0.2) is 0 Å². The second-order valence-electron chi connectivity index (χ2n) is 3.29. The maximum atomic E-state index is 11.0. The van der Waals surface area contributed by atoms with Crippen LogP contribution in [-0.4, -0.2) is 5.24 Å². The average molecular weight is 187 g/mol. The first-order valence-corrected chi connectivity index (χ1v) is 5.01. The van der Waals surface area contributed by atoms with Crippen LogP contribution in [-0.2, 0) is 4.79 Å². The van der Waals surface area contributed by atoms with Crippen molar-refractivity contribution in [3.05, 3.63) is 11.6 Å². The normalized spacial score (nSPS) is 20.0. The molecule has 12 heavy (non-hydrogen) atoms. The van der Waals surface area contributed by atoms with Gasteiger partial charge in [0, 0.05) is 0 Å². The van der Waals surface area contributed by atoms with Crippen molar-refractivity contribution in [1.82, 2.24) is 0 Å². The van der Waals surface area contributed by atoms with Gasteiger partial charge in [0.1, 0.15) is 0 Å². The number of halogens is 1. The number of carbonyl (C=O) groups is 1. The van der Waals surface area contributed by atoms with Crippen LogP contribution < -0.4 is 0 Å². The van der Waals surface area contributed by atoms with Gasteiger partial charge in [0.05, 0.1) is 5.92 Å². The standard InChI is InChI=1S/C10H15ClO/c1-2-9(10(11)12)8-6-4-3-5-7-8/h6,9H,2-5,7H2,1H3. The molecule has 1 aliphatic carbocycles. The van der Waals surface area contributed by atoms with Crippen LogP contribution in [0.25, 0.3) is 0 Å². The summed E-state index contributed by atoms with van der Waals surface area (Å²) in [5.74, 6) is -0.00744. The van der Waals surface area contributed by atoms with Gasteiger partial charge in [-0.15, -0.1) is 0 Å². The van der Waals surface area contributed by atoms with E-state index in [0.717, 1.165) is 19.3 Å². The molecule has 0 spiro atoms. The molecule has 0 N–H and O–H groups in total. The molecule has 0 radical (unpaired) electrons. The molecule has 0 heterocycles. The molecule has 1 unspecified atom stereocenters. The highest BCUT2D eigenvalue weighted by Gasteiger charge is 2.19. The summed E-state index contributed by atoms with van der Waals surface area (Å²) >= 11 is 5.50. The minimum atomic E-state index is -0.189. The predicted octanol–water partition coefficient (Wildman–Crippen LogP) is 3.28. The first kappa shape index (κ1) is 9.79. The Balaban J connectivity index is 2.64. The zero-order chi connectivity index (χ0) is 8.97. The van der Waals surface area contributed by atoms with Crippen LogP contribution in [0, 0.1) is 5.92 Å². The number of hydrogen-bond acceptors (Lipinski definition) is 1. The molecule has 0 aliphatic heterocycles. The summed E-state index contributed by atoms with van der Waals surface area (Å²) in [4.78, 5) is 11.0. The Morgan fingerprint density at radius 3 is 2.83 bits per heavy atom. The van der Waals surface area contributed by atoms with Crippen LogP contribution in [0.4, 0.5) is 0 Å². The fourth-order valence-corrected chi connectivity index (χ4v) is 2.04. The van der Waals surface area contributed by atoms with Crippen LogP contribution in [0.15, 0.2) is 11.6 Å². The van der Waals surface area contributed by atoms with E-state index in [2.05, 4.69) is 6.08 Å². The second kappa shape index (κ2) is 4.66. The van der Waals surface area contributed by atoms with Crippen molar-refractivity contribution in [1.29, 1.82) is 0 Å². The molecule has 0 saturated carbocycles. The van der Waals surface area contributed by atoms with Crippen LogP contribution in [0.1, 0.15) is 39.0 Å². The third-order valence-electron chi connectivity index (χ3n) is 2.46. The second-order valence-corrected chi connectivity index (χ2v) is 3.66. The van der Waals surface area contributed by atoms with Crippen LogP contribution in [0.5, 0.6) is 0 Å². The molecule has 68 valence electrons. The van der Waals surface area contributed by atoms with Gasteiger partial charge in [-0.2, -0.15) is 0 Å². The van der Waals surface area contributed by atoms with E-state index in [9.17, 15) is 4.79 Å². The first-order chi connectivity index (χ1) is 5.75. The van der Waals surface area contributed by atoms with Crippen molar-refractivity contribution >= 4 is 16.8 Å². The smallest absolute Gasteiger partial charge is 0.228 e. The van der Waals surface area contributed by atoms with Crippen molar-refractivity contribution in [3.8, 4) is 0 Å². The number of allylic oxidation sites excluding steroid dienone is 2. The summed E-state index contributed by atoms with van der Waals surface area (Å²) in [5.41, 5.74) is 1.27. The predicted molar refractivity (Wildman–Crippen MR) is 51.2 cm³/mol. The lowest BCUT2D eigenvalue weighted by Gasteiger charge is -2.18. The molecule has 0 fully saturated rings. The van der Waals surface area contributed by atoms with E-state index in [4.69, 9.17) is 11.6 Å². The first-order valence-electron chi connectivity index (χ1n) is 4.64. The maximum absolute atomic E-state index is 11.0. The molecule has 0 saturated heterocycles. The van der Waals surface area contributed by atoms with Gasteiger partial charge in [0.25, 0.3) is 0 Å². The Hall–Kier alpha value is -0.300. The lowest BCUT2D eigenvalue weighted by atomic mass is 9.88.